The smallest absolute Gasteiger partial charge is 0.290 e. The number of likely N-dealkylation sites (N-methyl/N-ethyl adjacent to an activating group) is 1. The minimum absolute atomic E-state index is 0.0185. The van der Waals surface area contributed by atoms with Gasteiger partial charge >= 0.3 is 0 Å². The Morgan fingerprint density at radius 2 is 1.50 bits per heavy atom. The van der Waals surface area contributed by atoms with E-state index in [1.807, 2.05) is 6.92 Å². The van der Waals surface area contributed by atoms with Gasteiger partial charge in [-0.05, 0) is 67.4 Å². The molecule has 0 bridgehead atoms. The number of carbonyl (C=O) groups excluding carboxylic acids is 7. The number of benzene rings is 1. The lowest BCUT2D eigenvalue weighted by Crippen LogP contribution is -2.58. The van der Waals surface area contributed by atoms with Crippen molar-refractivity contribution in [3.63, 3.8) is 0 Å². The molecular weight excluding hydrogens is 753 g/mol. The normalized spacial score (nSPS) is 21.4. The van der Waals surface area contributed by atoms with Crippen LogP contribution < -0.4 is 21.3 Å². The maximum atomic E-state index is 14.7. The van der Waals surface area contributed by atoms with Crippen LogP contribution in [-0.4, -0.2) is 112 Å². The second-order valence-electron chi connectivity index (χ2n) is 16.0. The maximum Gasteiger partial charge on any atom is 0.290 e. The predicted molar refractivity (Wildman–Crippen MR) is 218 cm³/mol. The third kappa shape index (κ3) is 11.5. The Hall–Kier alpha value is -3.59. The number of ketones is 1. The van der Waals surface area contributed by atoms with Crippen LogP contribution in [0.3, 0.4) is 0 Å². The van der Waals surface area contributed by atoms with Crippen molar-refractivity contribution in [2.24, 2.45) is 11.8 Å². The molecule has 5 rings (SSSR count). The lowest BCUT2D eigenvalue weighted by molar-refractivity contribution is -0.144. The Labute approximate surface area is 339 Å². The first-order chi connectivity index (χ1) is 26.9. The molecule has 2 aliphatic carbocycles. The van der Waals surface area contributed by atoms with Gasteiger partial charge in [-0.1, -0.05) is 75.8 Å². The number of rotatable bonds is 16. The van der Waals surface area contributed by atoms with Gasteiger partial charge in [0.1, 0.15) is 18.1 Å². The summed E-state index contributed by atoms with van der Waals surface area (Å²) in [6, 6.07) is 4.93. The molecule has 1 spiro atoms. The molecule has 4 atom stereocenters. The largest absolute Gasteiger partial charge is 0.347 e. The molecule has 308 valence electrons. The van der Waals surface area contributed by atoms with Crippen molar-refractivity contribution >= 4 is 64.8 Å². The molecule has 2 aliphatic heterocycles. The van der Waals surface area contributed by atoms with Crippen LogP contribution in [0.4, 0.5) is 0 Å². The molecule has 0 aromatic heterocycles. The van der Waals surface area contributed by atoms with Gasteiger partial charge in [-0.15, -0.1) is 23.5 Å². The molecule has 2 saturated heterocycles. The standard InChI is InChI=1S/C41H60N6O7S2/c1-4-14-30(36(50)38(52)42-25-33(49)45-34(39(53)46(2)3)28-17-7-5-8-18-28)43-37(51)31-24-41(55-21-13-22-56-41)26-47(31)40(54)35(29-19-9-6-10-20-29)44-32(48)23-27-15-11-12-16-27/h5,7-8,17-18,27,29-31,34-35H,4,6,9-16,19-26H2,1-3H3,(H,42,52)(H,43,51)(H,44,48)(H,45,49)/t30?,31-,34?,35-/m0/s1. The van der Waals surface area contributed by atoms with Gasteiger partial charge in [-0.25, -0.2) is 0 Å². The molecule has 56 heavy (non-hydrogen) atoms. The molecule has 0 radical (unpaired) electrons. The minimum atomic E-state index is -1.18. The first-order valence-corrected chi connectivity index (χ1v) is 22.4. The summed E-state index contributed by atoms with van der Waals surface area (Å²) in [5, 5.41) is 11.0. The monoisotopic (exact) mass is 812 g/mol. The van der Waals surface area contributed by atoms with Crippen molar-refractivity contribution < 1.29 is 33.6 Å². The van der Waals surface area contributed by atoms with Crippen molar-refractivity contribution in [2.45, 2.75) is 125 Å². The minimum Gasteiger partial charge on any atom is -0.347 e. The van der Waals surface area contributed by atoms with Gasteiger partial charge in [0.2, 0.25) is 35.3 Å². The molecule has 2 unspecified atom stereocenters. The number of Topliss-reactive ketones (excluding diaryl/α,β-unsaturated/α-hetero) is 1. The number of hydrogen-bond donors (Lipinski definition) is 4. The van der Waals surface area contributed by atoms with Gasteiger partial charge in [0, 0.05) is 33.5 Å². The molecule has 2 heterocycles. The number of amides is 6. The van der Waals surface area contributed by atoms with Gasteiger partial charge in [0.25, 0.3) is 5.91 Å². The highest BCUT2D eigenvalue weighted by Crippen LogP contribution is 2.50. The van der Waals surface area contributed by atoms with Crippen LogP contribution in [0, 0.1) is 11.8 Å². The Kier molecular flexibility index (Phi) is 16.1. The number of nitrogens with zero attached hydrogens (tertiary/aromatic N) is 2. The van der Waals surface area contributed by atoms with E-state index in [2.05, 4.69) is 21.3 Å². The van der Waals surface area contributed by atoms with Gasteiger partial charge < -0.3 is 31.1 Å². The lowest BCUT2D eigenvalue weighted by atomic mass is 9.83. The van der Waals surface area contributed by atoms with E-state index >= 15 is 0 Å². The Morgan fingerprint density at radius 1 is 0.839 bits per heavy atom. The number of hydrogen-bond acceptors (Lipinski definition) is 9. The summed E-state index contributed by atoms with van der Waals surface area (Å²) in [6.45, 7) is 1.63. The van der Waals surface area contributed by atoms with E-state index in [9.17, 15) is 33.6 Å². The second-order valence-corrected chi connectivity index (χ2v) is 19.2. The van der Waals surface area contributed by atoms with Crippen molar-refractivity contribution in [3.05, 3.63) is 35.9 Å². The van der Waals surface area contributed by atoms with Crippen molar-refractivity contribution in [3.8, 4) is 0 Å². The lowest BCUT2D eigenvalue weighted by Gasteiger charge is -2.36. The summed E-state index contributed by atoms with van der Waals surface area (Å²) in [5.74, 6) is -1.69. The van der Waals surface area contributed by atoms with Crippen molar-refractivity contribution in [1.29, 1.82) is 0 Å². The van der Waals surface area contributed by atoms with Crippen LogP contribution >= 0.6 is 23.5 Å². The topological polar surface area (TPSA) is 174 Å². The molecule has 1 aromatic rings. The molecule has 4 fully saturated rings. The quantitative estimate of drug-likeness (QED) is 0.182. The average Bonchev–Trinajstić information content (AvgIpc) is 3.86. The SMILES string of the molecule is CCCC(NC(=O)[C@@H]1CC2(CN1C(=O)[C@@H](NC(=O)CC1CCCC1)C1CCCCC1)SCCCS2)C(=O)C(=O)NCC(=O)NC(C(=O)N(C)C)c1ccccc1. The zero-order chi connectivity index (χ0) is 40.2. The molecule has 4 aliphatic rings. The third-order valence-corrected chi connectivity index (χ3v) is 14.9. The second kappa shape index (κ2) is 20.7. The third-order valence-electron chi connectivity index (χ3n) is 11.5. The van der Waals surface area contributed by atoms with E-state index in [1.165, 1.54) is 4.90 Å². The zero-order valence-electron chi connectivity index (χ0n) is 33.1. The van der Waals surface area contributed by atoms with Crippen molar-refractivity contribution in [2.75, 3.05) is 38.7 Å². The van der Waals surface area contributed by atoms with E-state index in [0.717, 1.165) is 75.7 Å². The first kappa shape index (κ1) is 43.5. The molecule has 13 nitrogen and oxygen atoms in total. The van der Waals surface area contributed by atoms with Gasteiger partial charge in [-0.2, -0.15) is 0 Å². The average molecular weight is 813 g/mol. The fraction of sp³-hybridized carbons (Fsp3) is 0.683. The van der Waals surface area contributed by atoms with Crippen LogP contribution in [0.25, 0.3) is 0 Å². The molecular formula is C41H60N6O7S2. The maximum absolute atomic E-state index is 14.7. The summed E-state index contributed by atoms with van der Waals surface area (Å²) >= 11 is 3.52. The van der Waals surface area contributed by atoms with E-state index in [4.69, 9.17) is 0 Å². The number of thioether (sulfide) groups is 2. The summed E-state index contributed by atoms with van der Waals surface area (Å²) in [4.78, 5) is 98.0. The van der Waals surface area contributed by atoms with Crippen molar-refractivity contribution in [1.82, 2.24) is 31.1 Å². The van der Waals surface area contributed by atoms with Crippen LogP contribution in [0.1, 0.15) is 108 Å². The molecule has 1 aromatic carbocycles. The van der Waals surface area contributed by atoms with Crippen LogP contribution in [0.15, 0.2) is 30.3 Å². The summed E-state index contributed by atoms with van der Waals surface area (Å²) in [7, 11) is 3.15. The molecule has 4 N–H and O–H groups in total. The summed E-state index contributed by atoms with van der Waals surface area (Å²) in [6.07, 6.45) is 11.5. The number of carbonyl (C=O) groups is 7. The fourth-order valence-corrected chi connectivity index (χ4v) is 11.9. The van der Waals surface area contributed by atoms with E-state index in [1.54, 1.807) is 72.9 Å². The molecule has 2 saturated carbocycles. The van der Waals surface area contributed by atoms with Gasteiger partial charge in [0.05, 0.1) is 16.7 Å². The Balaban J connectivity index is 1.27. The highest BCUT2D eigenvalue weighted by atomic mass is 32.2. The molecule has 6 amide bonds. The predicted octanol–water partition coefficient (Wildman–Crippen LogP) is 3.72. The molecule has 15 heteroatoms. The fourth-order valence-electron chi connectivity index (χ4n) is 8.50. The van der Waals surface area contributed by atoms with Gasteiger partial charge in [-0.3, -0.25) is 33.6 Å². The number of nitrogens with one attached hydrogen (secondary N) is 4. The highest BCUT2D eigenvalue weighted by Gasteiger charge is 2.52. The van der Waals surface area contributed by atoms with Crippen LogP contribution in [-0.2, 0) is 33.6 Å². The summed E-state index contributed by atoms with van der Waals surface area (Å²) in [5.41, 5.74) is 0.565. The Morgan fingerprint density at radius 3 is 2.14 bits per heavy atom. The van der Waals surface area contributed by atoms with E-state index in [0.29, 0.717) is 37.3 Å². The summed E-state index contributed by atoms with van der Waals surface area (Å²) < 4.78 is -0.387. The van der Waals surface area contributed by atoms with Gasteiger partial charge in [0.15, 0.2) is 0 Å². The van der Waals surface area contributed by atoms with Crippen LogP contribution in [0.5, 0.6) is 0 Å². The van der Waals surface area contributed by atoms with E-state index < -0.39 is 54.2 Å². The zero-order valence-corrected chi connectivity index (χ0v) is 34.8. The van der Waals surface area contributed by atoms with E-state index in [-0.39, 0.29) is 34.1 Å². The van der Waals surface area contributed by atoms with Crippen LogP contribution in [0.2, 0.25) is 0 Å². The first-order valence-electron chi connectivity index (χ1n) is 20.5. The Bertz CT molecular complexity index is 1560. The number of likely N-dealkylation sites (tertiary alicyclic amines) is 1. The highest BCUT2D eigenvalue weighted by molar-refractivity contribution is 8.18.